The molecule has 0 aromatic heterocycles. The van der Waals surface area contributed by atoms with Crippen LogP contribution < -0.4 is 10.1 Å². The fourth-order valence-electron chi connectivity index (χ4n) is 1.63. The third-order valence-electron chi connectivity index (χ3n) is 2.81. The number of hydrogen-bond donors (Lipinski definition) is 1. The van der Waals surface area contributed by atoms with E-state index in [1.54, 1.807) is 0 Å². The summed E-state index contributed by atoms with van der Waals surface area (Å²) in [5.41, 5.74) is 1.33. The van der Waals surface area contributed by atoms with E-state index in [2.05, 4.69) is 56.4 Å². The van der Waals surface area contributed by atoms with E-state index >= 15 is 0 Å². The Balaban J connectivity index is 2.21. The summed E-state index contributed by atoms with van der Waals surface area (Å²) >= 11 is 0. The van der Waals surface area contributed by atoms with Gasteiger partial charge in [-0.15, -0.1) is 0 Å². The lowest BCUT2D eigenvalue weighted by Crippen LogP contribution is -2.29. The zero-order chi connectivity index (χ0) is 13.4. The molecular formula is C15H26N2O. The highest BCUT2D eigenvalue weighted by molar-refractivity contribution is 5.30. The molecule has 0 aliphatic carbocycles. The maximum atomic E-state index is 5.73. The second-order valence-electron chi connectivity index (χ2n) is 5.13. The highest BCUT2D eigenvalue weighted by atomic mass is 16.5. The normalized spacial score (nSPS) is 11.2. The molecule has 0 aliphatic rings. The number of nitrogens with one attached hydrogen (secondary N) is 1. The standard InChI is InChI=1S/C15H26N2O/c1-13(2)14-6-5-7-15(12-14)18-11-9-16-8-10-17(3)4/h5-7,12-13,16H,8-11H2,1-4H3. The summed E-state index contributed by atoms with van der Waals surface area (Å²) in [6.45, 7) is 8.06. The van der Waals surface area contributed by atoms with Crippen LogP contribution in [0.5, 0.6) is 5.75 Å². The van der Waals surface area contributed by atoms with Gasteiger partial charge in [-0.2, -0.15) is 0 Å². The van der Waals surface area contributed by atoms with Crippen molar-refractivity contribution in [2.75, 3.05) is 40.3 Å². The van der Waals surface area contributed by atoms with Gasteiger partial charge in [0.2, 0.25) is 0 Å². The Labute approximate surface area is 111 Å². The molecule has 0 unspecified atom stereocenters. The molecule has 3 nitrogen and oxygen atoms in total. The zero-order valence-corrected chi connectivity index (χ0v) is 12.1. The smallest absolute Gasteiger partial charge is 0.119 e. The Hall–Kier alpha value is -1.06. The van der Waals surface area contributed by atoms with Crippen molar-refractivity contribution in [3.05, 3.63) is 29.8 Å². The van der Waals surface area contributed by atoms with Crippen LogP contribution in [0.4, 0.5) is 0 Å². The maximum Gasteiger partial charge on any atom is 0.119 e. The number of rotatable bonds is 8. The predicted molar refractivity (Wildman–Crippen MR) is 77.4 cm³/mol. The summed E-state index contributed by atoms with van der Waals surface area (Å²) in [5.74, 6) is 1.52. The van der Waals surface area contributed by atoms with Crippen LogP contribution in [0.2, 0.25) is 0 Å². The lowest BCUT2D eigenvalue weighted by atomic mass is 10.0. The molecule has 0 radical (unpaired) electrons. The monoisotopic (exact) mass is 250 g/mol. The molecule has 1 rings (SSSR count). The van der Waals surface area contributed by atoms with E-state index in [1.807, 2.05) is 6.07 Å². The van der Waals surface area contributed by atoms with Gasteiger partial charge in [0.25, 0.3) is 0 Å². The van der Waals surface area contributed by atoms with E-state index in [4.69, 9.17) is 4.74 Å². The van der Waals surface area contributed by atoms with Crippen LogP contribution in [0.15, 0.2) is 24.3 Å². The number of hydrogen-bond acceptors (Lipinski definition) is 3. The van der Waals surface area contributed by atoms with Crippen LogP contribution >= 0.6 is 0 Å². The van der Waals surface area contributed by atoms with Crippen LogP contribution in [-0.2, 0) is 0 Å². The first-order valence-electron chi connectivity index (χ1n) is 6.68. The van der Waals surface area contributed by atoms with Gasteiger partial charge in [0.15, 0.2) is 0 Å². The van der Waals surface area contributed by atoms with Gasteiger partial charge in [-0.25, -0.2) is 0 Å². The van der Waals surface area contributed by atoms with Gasteiger partial charge < -0.3 is 15.0 Å². The van der Waals surface area contributed by atoms with Gasteiger partial charge in [0.1, 0.15) is 12.4 Å². The van der Waals surface area contributed by atoms with Crippen molar-refractivity contribution >= 4 is 0 Å². The summed E-state index contributed by atoms with van der Waals surface area (Å²) in [4.78, 5) is 2.17. The predicted octanol–water partition coefficient (Wildman–Crippen LogP) is 2.34. The van der Waals surface area contributed by atoms with Crippen molar-refractivity contribution in [3.8, 4) is 5.75 Å². The molecule has 0 saturated heterocycles. The molecule has 0 atom stereocenters. The summed E-state index contributed by atoms with van der Waals surface area (Å²) in [7, 11) is 4.16. The quantitative estimate of drug-likeness (QED) is 0.717. The Kier molecular flexibility index (Phi) is 6.76. The second kappa shape index (κ2) is 8.11. The van der Waals surface area contributed by atoms with Gasteiger partial charge in [-0.1, -0.05) is 26.0 Å². The molecular weight excluding hydrogens is 224 g/mol. The molecule has 0 fully saturated rings. The fourth-order valence-corrected chi connectivity index (χ4v) is 1.63. The van der Waals surface area contributed by atoms with Crippen molar-refractivity contribution in [2.45, 2.75) is 19.8 Å². The van der Waals surface area contributed by atoms with Gasteiger partial charge >= 0.3 is 0 Å². The third kappa shape index (κ3) is 6.03. The molecule has 102 valence electrons. The molecule has 1 N–H and O–H groups in total. The number of benzene rings is 1. The van der Waals surface area contributed by atoms with E-state index in [9.17, 15) is 0 Å². The Morgan fingerprint density at radius 3 is 2.67 bits per heavy atom. The summed E-state index contributed by atoms with van der Waals surface area (Å²) in [6, 6.07) is 8.35. The minimum Gasteiger partial charge on any atom is -0.492 e. The molecule has 3 heteroatoms. The molecule has 0 spiro atoms. The number of nitrogens with zero attached hydrogens (tertiary/aromatic N) is 1. The minimum absolute atomic E-state index is 0.548. The van der Waals surface area contributed by atoms with Gasteiger partial charge in [-0.05, 0) is 37.7 Å². The molecule has 0 saturated carbocycles. The molecule has 1 aromatic carbocycles. The first kappa shape index (κ1) is 15.0. The Morgan fingerprint density at radius 2 is 2.00 bits per heavy atom. The van der Waals surface area contributed by atoms with Gasteiger partial charge in [-0.3, -0.25) is 0 Å². The molecule has 0 heterocycles. The average molecular weight is 250 g/mol. The maximum absolute atomic E-state index is 5.73. The van der Waals surface area contributed by atoms with Crippen molar-refractivity contribution in [3.63, 3.8) is 0 Å². The van der Waals surface area contributed by atoms with E-state index in [1.165, 1.54) is 5.56 Å². The van der Waals surface area contributed by atoms with Crippen molar-refractivity contribution in [1.29, 1.82) is 0 Å². The molecule has 0 amide bonds. The molecule has 1 aromatic rings. The van der Waals surface area contributed by atoms with E-state index in [0.29, 0.717) is 5.92 Å². The van der Waals surface area contributed by atoms with Crippen LogP contribution in [0.1, 0.15) is 25.3 Å². The second-order valence-corrected chi connectivity index (χ2v) is 5.13. The first-order chi connectivity index (χ1) is 8.59. The average Bonchev–Trinajstić information content (AvgIpc) is 2.33. The van der Waals surface area contributed by atoms with E-state index < -0.39 is 0 Å². The summed E-state index contributed by atoms with van der Waals surface area (Å²) in [5, 5.41) is 3.36. The van der Waals surface area contributed by atoms with Crippen molar-refractivity contribution in [2.24, 2.45) is 0 Å². The van der Waals surface area contributed by atoms with Crippen LogP contribution in [0, 0.1) is 0 Å². The fraction of sp³-hybridized carbons (Fsp3) is 0.600. The lowest BCUT2D eigenvalue weighted by Gasteiger charge is -2.12. The SMILES string of the molecule is CC(C)c1cccc(OCCNCCN(C)C)c1. The molecule has 0 bridgehead atoms. The van der Waals surface area contributed by atoms with Gasteiger partial charge in [0, 0.05) is 19.6 Å². The zero-order valence-electron chi connectivity index (χ0n) is 12.1. The summed E-state index contributed by atoms with van der Waals surface area (Å²) < 4.78 is 5.73. The highest BCUT2D eigenvalue weighted by Crippen LogP contribution is 2.19. The molecule has 18 heavy (non-hydrogen) atoms. The Morgan fingerprint density at radius 1 is 1.22 bits per heavy atom. The Bertz CT molecular complexity index is 337. The molecule has 0 aliphatic heterocycles. The lowest BCUT2D eigenvalue weighted by molar-refractivity contribution is 0.308. The van der Waals surface area contributed by atoms with E-state index in [0.717, 1.165) is 32.0 Å². The third-order valence-corrected chi connectivity index (χ3v) is 2.81. The van der Waals surface area contributed by atoms with E-state index in [-0.39, 0.29) is 0 Å². The topological polar surface area (TPSA) is 24.5 Å². The van der Waals surface area contributed by atoms with Gasteiger partial charge in [0.05, 0.1) is 0 Å². The highest BCUT2D eigenvalue weighted by Gasteiger charge is 2.00. The van der Waals surface area contributed by atoms with Crippen molar-refractivity contribution < 1.29 is 4.74 Å². The van der Waals surface area contributed by atoms with Crippen LogP contribution in [0.25, 0.3) is 0 Å². The number of likely N-dealkylation sites (N-methyl/N-ethyl adjacent to an activating group) is 1. The van der Waals surface area contributed by atoms with Crippen LogP contribution in [0.3, 0.4) is 0 Å². The van der Waals surface area contributed by atoms with Crippen molar-refractivity contribution in [1.82, 2.24) is 10.2 Å². The first-order valence-corrected chi connectivity index (χ1v) is 6.68. The largest absolute Gasteiger partial charge is 0.492 e. The van der Waals surface area contributed by atoms with Crippen LogP contribution in [-0.4, -0.2) is 45.2 Å². The number of ether oxygens (including phenoxy) is 1. The summed E-state index contributed by atoms with van der Waals surface area (Å²) in [6.07, 6.45) is 0. The minimum atomic E-state index is 0.548.